The molecule has 0 bridgehead atoms. The first-order chi connectivity index (χ1) is 12.3. The molecule has 26 heavy (non-hydrogen) atoms. The minimum absolute atomic E-state index is 0.0779. The van der Waals surface area contributed by atoms with Gasteiger partial charge in [-0.3, -0.25) is 4.79 Å². The molecule has 0 atom stereocenters. The molecule has 0 saturated carbocycles. The third-order valence-electron chi connectivity index (χ3n) is 4.27. The highest BCUT2D eigenvalue weighted by atomic mass is 19.3. The molecule has 0 aliphatic heterocycles. The summed E-state index contributed by atoms with van der Waals surface area (Å²) in [6.45, 7) is 1.48. The molecule has 132 valence electrons. The van der Waals surface area contributed by atoms with Gasteiger partial charge in [0.25, 0.3) is 0 Å². The molecule has 0 heterocycles. The molecule has 0 aliphatic rings. The lowest BCUT2D eigenvalue weighted by Gasteiger charge is -2.15. The molecule has 0 radical (unpaired) electrons. The van der Waals surface area contributed by atoms with Crippen LogP contribution in [0.3, 0.4) is 0 Å². The average Bonchev–Trinajstić information content (AvgIpc) is 2.66. The SMILES string of the molecule is COC(=O)C(F)(F)c1ccc(-c2cc(C(C)=O)cc3ccccc23)cc1. The molecule has 0 N–H and O–H groups in total. The lowest BCUT2D eigenvalue weighted by molar-refractivity contribution is -0.170. The number of carbonyl (C=O) groups is 2. The Morgan fingerprint density at radius 2 is 1.62 bits per heavy atom. The normalized spacial score (nSPS) is 11.4. The van der Waals surface area contributed by atoms with Crippen LogP contribution in [0.25, 0.3) is 21.9 Å². The van der Waals surface area contributed by atoms with E-state index in [1.807, 2.05) is 24.3 Å². The van der Waals surface area contributed by atoms with Gasteiger partial charge in [0.05, 0.1) is 7.11 Å². The van der Waals surface area contributed by atoms with Crippen molar-refractivity contribution in [1.82, 2.24) is 0 Å². The molecule has 0 spiro atoms. The van der Waals surface area contributed by atoms with Crippen LogP contribution in [0.15, 0.2) is 60.7 Å². The molecular formula is C21H16F2O3. The molecule has 0 unspecified atom stereocenters. The summed E-state index contributed by atoms with van der Waals surface area (Å²) in [6.07, 6.45) is 0. The maximum Gasteiger partial charge on any atom is 0.381 e. The van der Waals surface area contributed by atoms with Gasteiger partial charge in [-0.2, -0.15) is 8.78 Å². The van der Waals surface area contributed by atoms with Crippen molar-refractivity contribution in [2.24, 2.45) is 0 Å². The summed E-state index contributed by atoms with van der Waals surface area (Å²) in [5, 5.41) is 1.80. The van der Waals surface area contributed by atoms with E-state index in [1.54, 1.807) is 12.1 Å². The zero-order chi connectivity index (χ0) is 18.9. The highest BCUT2D eigenvalue weighted by molar-refractivity contribution is 6.04. The highest BCUT2D eigenvalue weighted by Crippen LogP contribution is 2.34. The van der Waals surface area contributed by atoms with E-state index in [0.29, 0.717) is 11.1 Å². The van der Waals surface area contributed by atoms with Crippen molar-refractivity contribution in [2.75, 3.05) is 7.11 Å². The van der Waals surface area contributed by atoms with Crippen LogP contribution in [-0.4, -0.2) is 18.9 Å². The van der Waals surface area contributed by atoms with Crippen molar-refractivity contribution in [1.29, 1.82) is 0 Å². The number of esters is 1. The average molecular weight is 354 g/mol. The number of ether oxygens (including phenoxy) is 1. The van der Waals surface area contributed by atoms with Gasteiger partial charge in [0.2, 0.25) is 0 Å². The summed E-state index contributed by atoms with van der Waals surface area (Å²) in [7, 11) is 0.921. The molecule has 0 saturated heterocycles. The van der Waals surface area contributed by atoms with Crippen LogP contribution in [0.4, 0.5) is 8.78 Å². The van der Waals surface area contributed by atoms with Crippen LogP contribution in [-0.2, 0) is 15.5 Å². The number of Topliss-reactive ketones (excluding diaryl/α,β-unsaturated/α-hetero) is 1. The van der Waals surface area contributed by atoms with Crippen LogP contribution < -0.4 is 0 Å². The van der Waals surface area contributed by atoms with E-state index in [2.05, 4.69) is 4.74 Å². The summed E-state index contributed by atoms with van der Waals surface area (Å²) < 4.78 is 32.1. The van der Waals surface area contributed by atoms with Gasteiger partial charge in [0.15, 0.2) is 5.78 Å². The van der Waals surface area contributed by atoms with Crippen molar-refractivity contribution in [3.63, 3.8) is 0 Å². The summed E-state index contributed by atoms with van der Waals surface area (Å²) in [6, 6.07) is 16.5. The second-order valence-corrected chi connectivity index (χ2v) is 5.94. The van der Waals surface area contributed by atoms with Crippen LogP contribution in [0.1, 0.15) is 22.8 Å². The van der Waals surface area contributed by atoms with Crippen molar-refractivity contribution in [3.05, 3.63) is 71.8 Å². The Hall–Kier alpha value is -3.08. The third kappa shape index (κ3) is 3.08. The number of fused-ring (bicyclic) bond motifs is 1. The van der Waals surface area contributed by atoms with Crippen molar-refractivity contribution < 1.29 is 23.1 Å². The minimum atomic E-state index is -3.71. The molecule has 5 heteroatoms. The Kier molecular flexibility index (Phi) is 4.55. The van der Waals surface area contributed by atoms with Crippen molar-refractivity contribution in [3.8, 4) is 11.1 Å². The smallest absolute Gasteiger partial charge is 0.381 e. The maximum absolute atomic E-state index is 14.0. The number of halogens is 2. The Balaban J connectivity index is 2.13. The van der Waals surface area contributed by atoms with E-state index in [0.717, 1.165) is 23.4 Å². The van der Waals surface area contributed by atoms with Crippen LogP contribution >= 0.6 is 0 Å². The van der Waals surface area contributed by atoms with E-state index >= 15 is 0 Å². The number of carbonyl (C=O) groups excluding carboxylic acids is 2. The fourth-order valence-corrected chi connectivity index (χ4v) is 2.86. The molecular weight excluding hydrogens is 338 g/mol. The van der Waals surface area contributed by atoms with E-state index in [4.69, 9.17) is 0 Å². The van der Waals surface area contributed by atoms with Crippen molar-refractivity contribution in [2.45, 2.75) is 12.8 Å². The molecule has 3 aromatic rings. The van der Waals surface area contributed by atoms with E-state index in [9.17, 15) is 18.4 Å². The molecule has 0 fully saturated rings. The monoisotopic (exact) mass is 354 g/mol. The Morgan fingerprint density at radius 1 is 0.962 bits per heavy atom. The lowest BCUT2D eigenvalue weighted by Crippen LogP contribution is -2.27. The topological polar surface area (TPSA) is 43.4 Å². The number of benzene rings is 3. The largest absolute Gasteiger partial charge is 0.464 e. The molecule has 0 aliphatic carbocycles. The van der Waals surface area contributed by atoms with Gasteiger partial charge in [0, 0.05) is 11.1 Å². The summed E-state index contributed by atoms with van der Waals surface area (Å²) in [4.78, 5) is 23.1. The van der Waals surface area contributed by atoms with E-state index in [-0.39, 0.29) is 5.78 Å². The van der Waals surface area contributed by atoms with Crippen molar-refractivity contribution >= 4 is 22.5 Å². The highest BCUT2D eigenvalue weighted by Gasteiger charge is 2.42. The first-order valence-corrected chi connectivity index (χ1v) is 7.95. The first-order valence-electron chi connectivity index (χ1n) is 7.95. The Morgan fingerprint density at radius 3 is 2.23 bits per heavy atom. The number of hydrogen-bond acceptors (Lipinski definition) is 3. The number of rotatable bonds is 4. The predicted molar refractivity (Wildman–Crippen MR) is 95.3 cm³/mol. The zero-order valence-corrected chi connectivity index (χ0v) is 14.3. The lowest BCUT2D eigenvalue weighted by atomic mass is 9.93. The van der Waals surface area contributed by atoms with Crippen LogP contribution in [0.2, 0.25) is 0 Å². The maximum atomic E-state index is 14.0. The number of alkyl halides is 2. The van der Waals surface area contributed by atoms with Gasteiger partial charge in [-0.1, -0.05) is 48.5 Å². The summed E-state index contributed by atoms with van der Waals surface area (Å²) in [5.74, 6) is -5.39. The first kappa shape index (κ1) is 17.7. The quantitative estimate of drug-likeness (QED) is 0.490. The molecule has 3 nitrogen and oxygen atoms in total. The van der Waals surface area contributed by atoms with Crippen LogP contribution in [0.5, 0.6) is 0 Å². The van der Waals surface area contributed by atoms with Gasteiger partial charge in [-0.15, -0.1) is 0 Å². The van der Waals surface area contributed by atoms with Gasteiger partial charge < -0.3 is 4.74 Å². The number of ketones is 1. The fraction of sp³-hybridized carbons (Fsp3) is 0.143. The molecule has 3 aromatic carbocycles. The van der Waals surface area contributed by atoms with Gasteiger partial charge in [-0.25, -0.2) is 4.79 Å². The Bertz CT molecular complexity index is 992. The summed E-state index contributed by atoms with van der Waals surface area (Å²) >= 11 is 0. The zero-order valence-electron chi connectivity index (χ0n) is 14.3. The number of methoxy groups -OCH3 is 1. The van der Waals surface area contributed by atoms with E-state index in [1.165, 1.54) is 31.2 Å². The standard InChI is InChI=1S/C21H16F2O3/c1-13(24)16-11-15-5-3-4-6-18(15)19(12-16)14-7-9-17(10-8-14)21(22,23)20(25)26-2/h3-12H,1-2H3. The Labute approximate surface area is 149 Å². The number of hydrogen-bond donors (Lipinski definition) is 0. The van der Waals surface area contributed by atoms with Crippen LogP contribution in [0, 0.1) is 0 Å². The van der Waals surface area contributed by atoms with Gasteiger partial charge in [0.1, 0.15) is 0 Å². The second-order valence-electron chi connectivity index (χ2n) is 5.94. The van der Waals surface area contributed by atoms with Gasteiger partial charge in [-0.05, 0) is 41.0 Å². The minimum Gasteiger partial charge on any atom is -0.464 e. The predicted octanol–water partition coefficient (Wildman–Crippen LogP) is 4.97. The fourth-order valence-electron chi connectivity index (χ4n) is 2.86. The molecule has 0 amide bonds. The van der Waals surface area contributed by atoms with Gasteiger partial charge >= 0.3 is 11.9 Å². The summed E-state index contributed by atoms with van der Waals surface area (Å²) in [5.41, 5.74) is 1.54. The third-order valence-corrected chi connectivity index (χ3v) is 4.27. The molecule has 3 rings (SSSR count). The van der Waals surface area contributed by atoms with E-state index < -0.39 is 17.5 Å². The molecule has 0 aromatic heterocycles. The second kappa shape index (κ2) is 6.67.